The molecule has 204 valence electrons. The van der Waals surface area contributed by atoms with Gasteiger partial charge in [-0.3, -0.25) is 10.1 Å². The number of hydrogen-bond acceptors (Lipinski definition) is 12. The third-order valence-electron chi connectivity index (χ3n) is 5.78. The average molecular weight is 518 g/mol. The summed E-state index contributed by atoms with van der Waals surface area (Å²) in [6.07, 6.45) is 1.01. The van der Waals surface area contributed by atoms with Crippen molar-refractivity contribution < 1.29 is 14.4 Å². The Morgan fingerprint density at radius 2 is 1.51 bits per heavy atom. The number of nitrogens with one attached hydrogen (secondary N) is 2. The topological polar surface area (TPSA) is 157 Å². The van der Waals surface area contributed by atoms with E-state index < -0.39 is 0 Å². The van der Waals surface area contributed by atoms with E-state index in [4.69, 9.17) is 15.2 Å². The molecule has 0 amide bonds. The molecule has 1 saturated heterocycles. The molecular weight excluding hydrogens is 478 g/mol. The van der Waals surface area contributed by atoms with Crippen LogP contribution in [0.15, 0.2) is 24.3 Å². The second-order valence-corrected chi connectivity index (χ2v) is 9.08. The van der Waals surface area contributed by atoms with Crippen LogP contribution in [-0.4, -0.2) is 92.1 Å². The minimum absolute atomic E-state index is 0.0930. The first-order chi connectivity index (χ1) is 18.0. The van der Waals surface area contributed by atoms with Crippen LogP contribution in [0.4, 0.5) is 29.2 Å². The largest absolute Gasteiger partial charge is 0.378 e. The highest BCUT2D eigenvalue weighted by molar-refractivity contribution is 5.53. The number of benzene rings is 1. The summed E-state index contributed by atoms with van der Waals surface area (Å²) in [6, 6.07) is 6.67. The molecule has 1 aliphatic rings. The van der Waals surface area contributed by atoms with Crippen LogP contribution in [0.1, 0.15) is 20.3 Å². The predicted octanol–water partition coefficient (Wildman–Crippen LogP) is 1.97. The molecule has 0 saturated carbocycles. The van der Waals surface area contributed by atoms with Crippen LogP contribution in [0.25, 0.3) is 0 Å². The number of nitro benzene ring substituents is 1. The van der Waals surface area contributed by atoms with E-state index in [2.05, 4.69) is 49.2 Å². The quantitative estimate of drug-likeness (QED) is 0.169. The molecule has 2 heterocycles. The van der Waals surface area contributed by atoms with Gasteiger partial charge in [0, 0.05) is 63.6 Å². The molecule has 0 spiro atoms. The molecule has 13 nitrogen and oxygen atoms in total. The SMILES string of the molecule is CC(C)CCNc1nc(NCCOCCOCCN)nc(N2CCN(c3ccc([N+](=O)[O-])cc3)CC2)n1. The Hall–Kier alpha value is -3.29. The highest BCUT2D eigenvalue weighted by atomic mass is 16.6. The lowest BCUT2D eigenvalue weighted by Crippen LogP contribution is -2.47. The molecule has 0 radical (unpaired) electrons. The Balaban J connectivity index is 1.57. The lowest BCUT2D eigenvalue weighted by Gasteiger charge is -2.36. The van der Waals surface area contributed by atoms with Crippen molar-refractivity contribution in [3.63, 3.8) is 0 Å². The van der Waals surface area contributed by atoms with E-state index in [1.807, 2.05) is 0 Å². The summed E-state index contributed by atoms with van der Waals surface area (Å²) in [5, 5.41) is 17.5. The van der Waals surface area contributed by atoms with E-state index in [-0.39, 0.29) is 10.6 Å². The first-order valence-electron chi connectivity index (χ1n) is 12.8. The van der Waals surface area contributed by atoms with Crippen molar-refractivity contribution in [2.24, 2.45) is 11.7 Å². The van der Waals surface area contributed by atoms with Crippen molar-refractivity contribution in [3.05, 3.63) is 34.4 Å². The molecule has 0 bridgehead atoms. The monoisotopic (exact) mass is 517 g/mol. The molecule has 1 aliphatic heterocycles. The number of anilines is 4. The van der Waals surface area contributed by atoms with Gasteiger partial charge in [0.15, 0.2) is 0 Å². The first-order valence-corrected chi connectivity index (χ1v) is 12.8. The van der Waals surface area contributed by atoms with E-state index in [1.54, 1.807) is 12.1 Å². The number of nitro groups is 1. The van der Waals surface area contributed by atoms with Gasteiger partial charge in [-0.25, -0.2) is 0 Å². The standard InChI is InChI=1S/C24H39N9O4/c1-19(2)7-9-26-22-28-23(27-10-16-37-18-17-36-15-8-25)30-24(29-22)32-13-11-31(12-14-32)20-3-5-21(6-4-20)33(34)35/h3-6,19H,7-18,25H2,1-2H3,(H2,26,27,28,29,30). The molecule has 1 fully saturated rings. The van der Waals surface area contributed by atoms with E-state index in [9.17, 15) is 10.1 Å². The van der Waals surface area contributed by atoms with Crippen molar-refractivity contribution in [2.75, 3.05) is 92.7 Å². The van der Waals surface area contributed by atoms with Crippen molar-refractivity contribution >= 4 is 29.2 Å². The fraction of sp³-hybridized carbons (Fsp3) is 0.625. The number of non-ortho nitro benzene ring substituents is 1. The number of nitrogens with two attached hydrogens (primary N) is 1. The second-order valence-electron chi connectivity index (χ2n) is 9.08. The van der Waals surface area contributed by atoms with Gasteiger partial charge in [-0.15, -0.1) is 0 Å². The van der Waals surface area contributed by atoms with Crippen molar-refractivity contribution in [1.82, 2.24) is 15.0 Å². The third kappa shape index (κ3) is 9.59. The summed E-state index contributed by atoms with van der Waals surface area (Å²) in [5.41, 5.74) is 6.46. The Kier molecular flexibility index (Phi) is 11.5. The summed E-state index contributed by atoms with van der Waals surface area (Å²) in [4.78, 5) is 28.7. The van der Waals surface area contributed by atoms with Gasteiger partial charge in [0.1, 0.15) is 0 Å². The minimum Gasteiger partial charge on any atom is -0.378 e. The van der Waals surface area contributed by atoms with Crippen LogP contribution in [0.2, 0.25) is 0 Å². The van der Waals surface area contributed by atoms with E-state index in [0.29, 0.717) is 63.3 Å². The van der Waals surface area contributed by atoms with Crippen molar-refractivity contribution in [2.45, 2.75) is 20.3 Å². The molecule has 2 aromatic rings. The molecule has 1 aromatic carbocycles. The molecule has 4 N–H and O–H groups in total. The summed E-state index contributed by atoms with van der Waals surface area (Å²) in [6.45, 7) is 11.2. The van der Waals surface area contributed by atoms with Gasteiger partial charge >= 0.3 is 0 Å². The highest BCUT2D eigenvalue weighted by Crippen LogP contribution is 2.22. The number of piperazine rings is 1. The summed E-state index contributed by atoms with van der Waals surface area (Å²) in [7, 11) is 0. The fourth-order valence-corrected chi connectivity index (χ4v) is 3.73. The van der Waals surface area contributed by atoms with Gasteiger partial charge in [-0.1, -0.05) is 13.8 Å². The second kappa shape index (κ2) is 15.1. The first kappa shape index (κ1) is 28.3. The van der Waals surface area contributed by atoms with Crippen LogP contribution in [-0.2, 0) is 9.47 Å². The van der Waals surface area contributed by atoms with Crippen LogP contribution in [0.3, 0.4) is 0 Å². The van der Waals surface area contributed by atoms with Crippen molar-refractivity contribution in [3.8, 4) is 0 Å². The molecule has 0 atom stereocenters. The molecular formula is C24H39N9O4. The molecule has 0 aliphatic carbocycles. The molecule has 0 unspecified atom stereocenters. The number of aromatic nitrogens is 3. The predicted molar refractivity (Wildman–Crippen MR) is 144 cm³/mol. The van der Waals surface area contributed by atoms with Crippen LogP contribution >= 0.6 is 0 Å². The Morgan fingerprint density at radius 3 is 2.11 bits per heavy atom. The van der Waals surface area contributed by atoms with Gasteiger partial charge in [0.05, 0.1) is 31.4 Å². The van der Waals surface area contributed by atoms with E-state index in [0.717, 1.165) is 44.8 Å². The number of nitrogens with zero attached hydrogens (tertiary/aromatic N) is 6. The third-order valence-corrected chi connectivity index (χ3v) is 5.78. The van der Waals surface area contributed by atoms with E-state index >= 15 is 0 Å². The fourth-order valence-electron chi connectivity index (χ4n) is 3.73. The van der Waals surface area contributed by atoms with Gasteiger partial charge in [-0.2, -0.15) is 15.0 Å². The summed E-state index contributed by atoms with van der Waals surface area (Å²) < 4.78 is 10.9. The summed E-state index contributed by atoms with van der Waals surface area (Å²) >= 11 is 0. The molecule has 1 aromatic heterocycles. The molecule has 13 heteroatoms. The van der Waals surface area contributed by atoms with Gasteiger partial charge in [0.25, 0.3) is 5.69 Å². The molecule has 37 heavy (non-hydrogen) atoms. The smallest absolute Gasteiger partial charge is 0.269 e. The maximum absolute atomic E-state index is 10.9. The lowest BCUT2D eigenvalue weighted by molar-refractivity contribution is -0.384. The maximum atomic E-state index is 10.9. The number of hydrogen-bond donors (Lipinski definition) is 3. The van der Waals surface area contributed by atoms with E-state index in [1.165, 1.54) is 12.1 Å². The van der Waals surface area contributed by atoms with Crippen LogP contribution in [0, 0.1) is 16.0 Å². The Bertz CT molecular complexity index is 954. The van der Waals surface area contributed by atoms with Gasteiger partial charge in [0.2, 0.25) is 17.8 Å². The van der Waals surface area contributed by atoms with Crippen molar-refractivity contribution in [1.29, 1.82) is 0 Å². The number of ether oxygens (including phenoxy) is 2. The Morgan fingerprint density at radius 1 is 0.919 bits per heavy atom. The van der Waals surface area contributed by atoms with Crippen LogP contribution < -0.4 is 26.2 Å². The zero-order valence-electron chi connectivity index (χ0n) is 21.8. The molecule has 3 rings (SSSR count). The van der Waals surface area contributed by atoms with Gasteiger partial charge in [-0.05, 0) is 24.5 Å². The van der Waals surface area contributed by atoms with Gasteiger partial charge < -0.3 is 35.6 Å². The van der Waals surface area contributed by atoms with Crippen LogP contribution in [0.5, 0.6) is 0 Å². The lowest BCUT2D eigenvalue weighted by atomic mass is 10.1. The Labute approximate surface area is 217 Å². The summed E-state index contributed by atoms with van der Waals surface area (Å²) in [5.74, 6) is 2.23. The average Bonchev–Trinajstić information content (AvgIpc) is 2.90. The number of rotatable bonds is 16. The zero-order valence-corrected chi connectivity index (χ0v) is 21.8. The zero-order chi connectivity index (χ0) is 26.5. The highest BCUT2D eigenvalue weighted by Gasteiger charge is 2.21. The normalized spacial score (nSPS) is 13.7. The minimum atomic E-state index is -0.384. The maximum Gasteiger partial charge on any atom is 0.269 e.